The predicted octanol–water partition coefficient (Wildman–Crippen LogP) is 5.26. The molecule has 0 aromatic heterocycles. The lowest BCUT2D eigenvalue weighted by Crippen LogP contribution is -2.19. The van der Waals surface area contributed by atoms with Crippen LogP contribution in [0.2, 0.25) is 0 Å². The van der Waals surface area contributed by atoms with Crippen LogP contribution in [0.1, 0.15) is 40.4 Å². The van der Waals surface area contributed by atoms with Crippen molar-refractivity contribution in [2.24, 2.45) is 5.92 Å². The molecule has 1 nitrogen and oxygen atoms in total. The first-order valence-electron chi connectivity index (χ1n) is 8.77. The Bertz CT molecular complexity index is 949. The van der Waals surface area contributed by atoms with Crippen molar-refractivity contribution in [2.75, 3.05) is 0 Å². The normalized spacial score (nSPS) is 25.9. The van der Waals surface area contributed by atoms with Crippen LogP contribution in [0.5, 0.6) is 0 Å². The summed E-state index contributed by atoms with van der Waals surface area (Å²) < 4.78 is 6.41. The van der Waals surface area contributed by atoms with Gasteiger partial charge in [0.15, 0.2) is 0 Å². The zero-order valence-electron chi connectivity index (χ0n) is 13.8. The van der Waals surface area contributed by atoms with E-state index in [1.165, 1.54) is 16.7 Å². The molecule has 4 atom stereocenters. The fraction of sp³-hybridized carbons (Fsp3) is 0.167. The van der Waals surface area contributed by atoms with Crippen molar-refractivity contribution in [1.29, 1.82) is 0 Å². The van der Waals surface area contributed by atoms with Gasteiger partial charge >= 0.3 is 0 Å². The molecule has 0 radical (unpaired) electrons. The molecule has 5 rings (SSSR count). The third kappa shape index (κ3) is 2.38. The van der Waals surface area contributed by atoms with E-state index in [4.69, 9.17) is 4.74 Å². The Hall–Kier alpha value is -2.82. The summed E-state index contributed by atoms with van der Waals surface area (Å²) in [7, 11) is 0. The highest BCUT2D eigenvalue weighted by molar-refractivity contribution is 5.46. The molecule has 0 saturated carbocycles. The molecule has 2 bridgehead atoms. The lowest BCUT2D eigenvalue weighted by Gasteiger charge is -2.26. The van der Waals surface area contributed by atoms with Crippen LogP contribution in [0, 0.1) is 17.8 Å². The molecule has 0 N–H and O–H groups in total. The van der Waals surface area contributed by atoms with Crippen LogP contribution in [0.25, 0.3) is 0 Å². The number of ether oxygens (including phenoxy) is 1. The van der Waals surface area contributed by atoms with Crippen molar-refractivity contribution < 1.29 is 4.74 Å². The highest BCUT2D eigenvalue weighted by Crippen LogP contribution is 2.60. The van der Waals surface area contributed by atoms with Crippen LogP contribution in [-0.4, -0.2) is 0 Å². The quantitative estimate of drug-likeness (QED) is 0.555. The Morgan fingerprint density at radius 1 is 0.640 bits per heavy atom. The van der Waals surface area contributed by atoms with Crippen LogP contribution in [0.15, 0.2) is 84.9 Å². The maximum atomic E-state index is 6.41. The van der Waals surface area contributed by atoms with Gasteiger partial charge in [0.2, 0.25) is 0 Å². The minimum Gasteiger partial charge on any atom is -0.364 e. The van der Waals surface area contributed by atoms with Gasteiger partial charge < -0.3 is 4.74 Å². The largest absolute Gasteiger partial charge is 0.364 e. The topological polar surface area (TPSA) is 9.23 Å². The third-order valence-corrected chi connectivity index (χ3v) is 5.28. The van der Waals surface area contributed by atoms with E-state index in [0.29, 0.717) is 0 Å². The molecule has 2 aliphatic rings. The van der Waals surface area contributed by atoms with Gasteiger partial charge in [-0.1, -0.05) is 84.6 Å². The molecule has 25 heavy (non-hydrogen) atoms. The van der Waals surface area contributed by atoms with Gasteiger partial charge in [-0.2, -0.15) is 0 Å². The summed E-state index contributed by atoms with van der Waals surface area (Å²) in [4.78, 5) is 0. The third-order valence-electron chi connectivity index (χ3n) is 5.28. The molecule has 120 valence electrons. The lowest BCUT2D eigenvalue weighted by atomic mass is 9.73. The summed E-state index contributed by atoms with van der Waals surface area (Å²) >= 11 is 0. The van der Waals surface area contributed by atoms with Crippen LogP contribution < -0.4 is 0 Å². The Kier molecular flexibility index (Phi) is 3.44. The van der Waals surface area contributed by atoms with Crippen LogP contribution in [-0.2, 0) is 4.74 Å². The summed E-state index contributed by atoms with van der Waals surface area (Å²) in [6, 6.07) is 29.5. The van der Waals surface area contributed by atoms with Crippen LogP contribution >= 0.6 is 0 Å². The molecular formula is C24H18O. The Morgan fingerprint density at radius 2 is 1.24 bits per heavy atom. The number of hydrogen-bond donors (Lipinski definition) is 0. The van der Waals surface area contributed by atoms with Gasteiger partial charge in [0, 0.05) is 11.5 Å². The van der Waals surface area contributed by atoms with Crippen LogP contribution in [0.3, 0.4) is 0 Å². The molecule has 1 fully saturated rings. The maximum Gasteiger partial charge on any atom is 0.0981 e. The fourth-order valence-electron chi connectivity index (χ4n) is 4.18. The smallest absolute Gasteiger partial charge is 0.0981 e. The van der Waals surface area contributed by atoms with Gasteiger partial charge in [0.05, 0.1) is 18.1 Å². The molecule has 0 amide bonds. The van der Waals surface area contributed by atoms with Crippen molar-refractivity contribution in [1.82, 2.24) is 0 Å². The zero-order chi connectivity index (χ0) is 16.6. The van der Waals surface area contributed by atoms with Gasteiger partial charge in [0.1, 0.15) is 0 Å². The van der Waals surface area contributed by atoms with Crippen molar-refractivity contribution in [3.05, 3.63) is 107 Å². The maximum absolute atomic E-state index is 6.41. The van der Waals surface area contributed by atoms with E-state index in [-0.39, 0.29) is 24.0 Å². The standard InChI is InChI=1S/C24H18O/c1-3-9-17(10-4-1)15-16-21-22(18-11-5-2-6-12-18)24-20-14-8-7-13-19(20)23(21)25-24/h1-14,21-24H. The predicted molar refractivity (Wildman–Crippen MR) is 99.0 cm³/mol. The van der Waals surface area contributed by atoms with E-state index in [0.717, 1.165) is 5.56 Å². The fourth-order valence-corrected chi connectivity index (χ4v) is 4.18. The SMILES string of the molecule is C(#CC1C2OC(c3ccccc32)C1c1ccccc1)c1ccccc1. The summed E-state index contributed by atoms with van der Waals surface area (Å²) in [5.41, 5.74) is 5.02. The van der Waals surface area contributed by atoms with Crippen molar-refractivity contribution in [2.45, 2.75) is 18.1 Å². The summed E-state index contributed by atoms with van der Waals surface area (Å²) in [6.45, 7) is 0. The molecule has 2 aliphatic heterocycles. The molecule has 3 aromatic rings. The molecule has 4 unspecified atom stereocenters. The van der Waals surface area contributed by atoms with E-state index in [9.17, 15) is 0 Å². The molecule has 0 aliphatic carbocycles. The van der Waals surface area contributed by atoms with Crippen LogP contribution in [0.4, 0.5) is 0 Å². The second-order valence-corrected chi connectivity index (χ2v) is 6.70. The summed E-state index contributed by atoms with van der Waals surface area (Å²) in [5.74, 6) is 7.39. The molecule has 3 aromatic carbocycles. The highest BCUT2D eigenvalue weighted by atomic mass is 16.5. The lowest BCUT2D eigenvalue weighted by molar-refractivity contribution is 0.0627. The molecular weight excluding hydrogens is 304 g/mol. The molecule has 2 heterocycles. The van der Waals surface area contributed by atoms with Crippen molar-refractivity contribution >= 4 is 0 Å². The first kappa shape index (κ1) is 14.5. The summed E-state index contributed by atoms with van der Waals surface area (Å²) in [6.07, 6.45) is 0.182. The minimum atomic E-state index is 0.0719. The van der Waals surface area contributed by atoms with Crippen molar-refractivity contribution in [3.63, 3.8) is 0 Å². The van der Waals surface area contributed by atoms with E-state index in [1.807, 2.05) is 18.2 Å². The zero-order valence-corrected chi connectivity index (χ0v) is 13.8. The Balaban J connectivity index is 1.60. The van der Waals surface area contributed by atoms with Gasteiger partial charge in [-0.05, 0) is 28.8 Å². The average Bonchev–Trinajstić information content (AvgIpc) is 3.25. The van der Waals surface area contributed by atoms with Gasteiger partial charge in [-0.15, -0.1) is 0 Å². The number of benzene rings is 3. The first-order chi connectivity index (χ1) is 12.4. The van der Waals surface area contributed by atoms with Gasteiger partial charge in [0.25, 0.3) is 0 Å². The molecule has 0 spiro atoms. The van der Waals surface area contributed by atoms with E-state index >= 15 is 0 Å². The number of fused-ring (bicyclic) bond motifs is 5. The second-order valence-electron chi connectivity index (χ2n) is 6.70. The molecule has 1 saturated heterocycles. The highest BCUT2D eigenvalue weighted by Gasteiger charge is 2.52. The minimum absolute atomic E-state index is 0.0719. The number of hydrogen-bond acceptors (Lipinski definition) is 1. The Morgan fingerprint density at radius 3 is 1.96 bits per heavy atom. The second kappa shape index (κ2) is 5.92. The summed E-state index contributed by atoms with van der Waals surface area (Å²) in [5, 5.41) is 0. The number of rotatable bonds is 1. The van der Waals surface area contributed by atoms with Gasteiger partial charge in [-0.25, -0.2) is 0 Å². The monoisotopic (exact) mass is 322 g/mol. The average molecular weight is 322 g/mol. The first-order valence-corrected chi connectivity index (χ1v) is 8.77. The van der Waals surface area contributed by atoms with E-state index < -0.39 is 0 Å². The van der Waals surface area contributed by atoms with Gasteiger partial charge in [-0.3, -0.25) is 0 Å². The van der Waals surface area contributed by atoms with E-state index in [2.05, 4.69) is 78.6 Å². The van der Waals surface area contributed by atoms with E-state index in [1.54, 1.807) is 0 Å². The van der Waals surface area contributed by atoms with Crippen molar-refractivity contribution in [3.8, 4) is 11.8 Å². The molecule has 1 heteroatoms. The Labute approximate surface area is 148 Å².